The second-order valence-corrected chi connectivity index (χ2v) is 8.98. The molecule has 0 spiro atoms. The predicted molar refractivity (Wildman–Crippen MR) is 103 cm³/mol. The van der Waals surface area contributed by atoms with E-state index in [4.69, 9.17) is 10.7 Å². The predicted octanol–water partition coefficient (Wildman–Crippen LogP) is 2.37. The number of carbonyl (C=O) groups is 1. The molecule has 0 bridgehead atoms. The first-order valence-corrected chi connectivity index (χ1v) is 10.3. The monoisotopic (exact) mass is 374 g/mol. The number of nitrogens with two attached hydrogens (primary N) is 1. The van der Waals surface area contributed by atoms with Crippen molar-refractivity contribution in [2.75, 3.05) is 13.1 Å². The van der Waals surface area contributed by atoms with Crippen molar-refractivity contribution in [3.8, 4) is 0 Å². The lowest BCUT2D eigenvalue weighted by Gasteiger charge is -2.35. The van der Waals surface area contributed by atoms with E-state index < -0.39 is 0 Å². The van der Waals surface area contributed by atoms with Crippen molar-refractivity contribution in [1.29, 1.82) is 0 Å². The molecule has 2 aromatic rings. The average molecular weight is 375 g/mol. The standard InChI is InChI=1S/C19H26N4O2S/c1-10-5-6-13-14(8-10)26-19-15(13)18(25)21-17(22-19)11(2)23-7-3-4-12(9-23)16(20)24/h10-12H,3-9H2,1-2H3,(H2,20,24)(H,21,22,25)/t10-,11-,12-/m0/s1. The Morgan fingerprint density at radius 1 is 1.42 bits per heavy atom. The number of likely N-dealkylation sites (tertiary alicyclic amines) is 1. The molecule has 1 aliphatic carbocycles. The highest BCUT2D eigenvalue weighted by atomic mass is 32.1. The van der Waals surface area contributed by atoms with Gasteiger partial charge in [-0.3, -0.25) is 14.5 Å². The van der Waals surface area contributed by atoms with Crippen molar-refractivity contribution in [3.63, 3.8) is 0 Å². The van der Waals surface area contributed by atoms with Crippen LogP contribution in [0.15, 0.2) is 4.79 Å². The molecular formula is C19H26N4O2S. The fourth-order valence-corrected chi connectivity index (χ4v) is 5.72. The SMILES string of the molecule is C[C@H]1CCc2c(sc3nc([C@H](C)N4CCC[C@H](C(N)=O)C4)[nH]c(=O)c23)C1. The third kappa shape index (κ3) is 3.07. The zero-order valence-corrected chi connectivity index (χ0v) is 16.2. The molecule has 140 valence electrons. The third-order valence-corrected chi connectivity index (χ3v) is 7.13. The lowest BCUT2D eigenvalue weighted by molar-refractivity contribution is -0.123. The van der Waals surface area contributed by atoms with Crippen LogP contribution in [0.5, 0.6) is 0 Å². The number of carbonyl (C=O) groups excluding carboxylic acids is 1. The second kappa shape index (κ2) is 6.78. The van der Waals surface area contributed by atoms with Gasteiger partial charge in [-0.25, -0.2) is 4.98 Å². The lowest BCUT2D eigenvalue weighted by Crippen LogP contribution is -2.42. The number of hydrogen-bond donors (Lipinski definition) is 2. The van der Waals surface area contributed by atoms with Crippen molar-refractivity contribution < 1.29 is 4.79 Å². The Labute approximate surface area is 156 Å². The molecule has 1 saturated heterocycles. The van der Waals surface area contributed by atoms with Crippen LogP contribution in [0.2, 0.25) is 0 Å². The molecule has 7 heteroatoms. The van der Waals surface area contributed by atoms with Gasteiger partial charge in [0.05, 0.1) is 17.3 Å². The number of aromatic amines is 1. The maximum atomic E-state index is 12.8. The van der Waals surface area contributed by atoms with E-state index in [1.165, 1.54) is 10.4 Å². The summed E-state index contributed by atoms with van der Waals surface area (Å²) in [7, 11) is 0. The highest BCUT2D eigenvalue weighted by Crippen LogP contribution is 2.36. The number of piperidine rings is 1. The van der Waals surface area contributed by atoms with Crippen LogP contribution in [0.3, 0.4) is 0 Å². The van der Waals surface area contributed by atoms with Crippen LogP contribution in [0, 0.1) is 11.8 Å². The van der Waals surface area contributed by atoms with Crippen molar-refractivity contribution in [2.24, 2.45) is 17.6 Å². The highest BCUT2D eigenvalue weighted by molar-refractivity contribution is 7.18. The average Bonchev–Trinajstić information content (AvgIpc) is 2.98. The molecule has 1 aliphatic heterocycles. The number of aryl methyl sites for hydroxylation is 1. The number of thiophene rings is 1. The van der Waals surface area contributed by atoms with Crippen LogP contribution in [-0.4, -0.2) is 33.9 Å². The summed E-state index contributed by atoms with van der Waals surface area (Å²) in [5, 5.41) is 0.793. The molecule has 3 heterocycles. The molecular weight excluding hydrogens is 348 g/mol. The number of H-pyrrole nitrogens is 1. The molecule has 0 unspecified atom stereocenters. The fraction of sp³-hybridized carbons (Fsp3) is 0.632. The smallest absolute Gasteiger partial charge is 0.259 e. The number of rotatable bonds is 3. The van der Waals surface area contributed by atoms with E-state index >= 15 is 0 Å². The largest absolute Gasteiger partial charge is 0.369 e. The number of fused-ring (bicyclic) bond motifs is 3. The highest BCUT2D eigenvalue weighted by Gasteiger charge is 2.29. The molecule has 0 saturated carbocycles. The summed E-state index contributed by atoms with van der Waals surface area (Å²) in [6.45, 7) is 5.84. The van der Waals surface area contributed by atoms with Gasteiger partial charge < -0.3 is 10.7 Å². The van der Waals surface area contributed by atoms with Crippen LogP contribution in [0.4, 0.5) is 0 Å². The summed E-state index contributed by atoms with van der Waals surface area (Å²) in [4.78, 5) is 36.6. The maximum absolute atomic E-state index is 12.8. The zero-order chi connectivity index (χ0) is 18.4. The quantitative estimate of drug-likeness (QED) is 0.863. The molecule has 3 N–H and O–H groups in total. The van der Waals surface area contributed by atoms with Gasteiger partial charge in [-0.2, -0.15) is 0 Å². The van der Waals surface area contributed by atoms with Crippen molar-refractivity contribution in [3.05, 3.63) is 26.6 Å². The molecule has 1 amide bonds. The molecule has 4 rings (SSSR count). The van der Waals surface area contributed by atoms with Crippen LogP contribution in [0.25, 0.3) is 10.2 Å². The lowest BCUT2D eigenvalue weighted by atomic mass is 9.89. The molecule has 0 aromatic carbocycles. The minimum atomic E-state index is -0.237. The first-order chi connectivity index (χ1) is 12.4. The van der Waals surface area contributed by atoms with E-state index in [2.05, 4.69) is 16.8 Å². The molecule has 2 aromatic heterocycles. The fourth-order valence-electron chi connectivity index (χ4n) is 4.33. The number of primary amides is 1. The molecule has 3 atom stereocenters. The topological polar surface area (TPSA) is 92.1 Å². The third-order valence-electron chi connectivity index (χ3n) is 5.98. The molecule has 26 heavy (non-hydrogen) atoms. The first kappa shape index (κ1) is 17.7. The van der Waals surface area contributed by atoms with Crippen LogP contribution >= 0.6 is 11.3 Å². The number of hydrogen-bond acceptors (Lipinski definition) is 5. The van der Waals surface area contributed by atoms with Crippen molar-refractivity contribution >= 4 is 27.5 Å². The first-order valence-electron chi connectivity index (χ1n) is 9.52. The van der Waals surface area contributed by atoms with E-state index in [1.54, 1.807) is 11.3 Å². The second-order valence-electron chi connectivity index (χ2n) is 7.90. The molecule has 1 fully saturated rings. The zero-order valence-electron chi connectivity index (χ0n) is 15.4. The Kier molecular flexibility index (Phi) is 4.61. The van der Waals surface area contributed by atoms with Crippen LogP contribution < -0.4 is 11.3 Å². The Hall–Kier alpha value is -1.73. The van der Waals surface area contributed by atoms with E-state index in [-0.39, 0.29) is 23.4 Å². The summed E-state index contributed by atoms with van der Waals surface area (Å²) in [6.07, 6.45) is 4.95. The van der Waals surface area contributed by atoms with Crippen LogP contribution in [-0.2, 0) is 17.6 Å². The van der Waals surface area contributed by atoms with E-state index in [9.17, 15) is 9.59 Å². The maximum Gasteiger partial charge on any atom is 0.259 e. The Bertz CT molecular complexity index is 903. The van der Waals surface area contributed by atoms with Gasteiger partial charge in [0, 0.05) is 11.4 Å². The minimum Gasteiger partial charge on any atom is -0.369 e. The van der Waals surface area contributed by atoms with Gasteiger partial charge in [0.2, 0.25) is 5.91 Å². The van der Waals surface area contributed by atoms with Crippen molar-refractivity contribution in [2.45, 2.75) is 52.0 Å². The van der Waals surface area contributed by atoms with E-state index in [0.29, 0.717) is 18.3 Å². The van der Waals surface area contributed by atoms with Crippen molar-refractivity contribution in [1.82, 2.24) is 14.9 Å². The summed E-state index contributed by atoms with van der Waals surface area (Å²) in [6, 6.07) is -0.0349. The summed E-state index contributed by atoms with van der Waals surface area (Å²) in [5.41, 5.74) is 6.69. The number of amides is 1. The number of aromatic nitrogens is 2. The number of nitrogens with one attached hydrogen (secondary N) is 1. The van der Waals surface area contributed by atoms with Gasteiger partial charge in [-0.15, -0.1) is 11.3 Å². The van der Waals surface area contributed by atoms with E-state index in [1.807, 2.05) is 6.92 Å². The minimum absolute atomic E-state index is 0.0210. The van der Waals surface area contributed by atoms with Crippen LogP contribution in [0.1, 0.15) is 55.4 Å². The molecule has 6 nitrogen and oxygen atoms in total. The Morgan fingerprint density at radius 2 is 2.23 bits per heavy atom. The van der Waals surface area contributed by atoms with Gasteiger partial charge in [0.1, 0.15) is 10.7 Å². The van der Waals surface area contributed by atoms with E-state index in [0.717, 1.165) is 48.9 Å². The summed E-state index contributed by atoms with van der Waals surface area (Å²) < 4.78 is 0. The normalized spacial score (nSPS) is 25.2. The Balaban J connectivity index is 1.67. The van der Waals surface area contributed by atoms with Gasteiger partial charge in [-0.05, 0) is 57.1 Å². The summed E-state index contributed by atoms with van der Waals surface area (Å²) in [5.74, 6) is 1.02. The number of nitrogens with zero attached hydrogens (tertiary/aromatic N) is 2. The Morgan fingerprint density at radius 3 is 3.00 bits per heavy atom. The molecule has 2 aliphatic rings. The van der Waals surface area contributed by atoms with Gasteiger partial charge in [0.25, 0.3) is 5.56 Å². The van der Waals surface area contributed by atoms with Gasteiger partial charge in [-0.1, -0.05) is 6.92 Å². The summed E-state index contributed by atoms with van der Waals surface area (Å²) >= 11 is 1.68. The van der Waals surface area contributed by atoms with Gasteiger partial charge >= 0.3 is 0 Å². The molecule has 0 radical (unpaired) electrons. The van der Waals surface area contributed by atoms with Gasteiger partial charge in [0.15, 0.2) is 0 Å².